The minimum Gasteiger partial charge on any atom is -0.392 e. The fourth-order valence-electron chi connectivity index (χ4n) is 1.19. The van der Waals surface area contributed by atoms with Crippen LogP contribution in [0, 0.1) is 0 Å². The van der Waals surface area contributed by atoms with Crippen molar-refractivity contribution in [1.29, 1.82) is 0 Å². The molecule has 1 aromatic carbocycles. The van der Waals surface area contributed by atoms with Gasteiger partial charge in [0, 0.05) is 6.04 Å². The van der Waals surface area contributed by atoms with Crippen molar-refractivity contribution in [3.05, 3.63) is 29.8 Å². The molecule has 0 aliphatic carbocycles. The summed E-state index contributed by atoms with van der Waals surface area (Å²) in [5.41, 5.74) is 0.697. The topological polar surface area (TPSA) is 66.4 Å². The quantitative estimate of drug-likeness (QED) is 0.818. The highest BCUT2D eigenvalue weighted by Gasteiger charge is 2.15. The molecular formula is C11H17NO3S. The van der Waals surface area contributed by atoms with Gasteiger partial charge >= 0.3 is 0 Å². The Balaban J connectivity index is 2.90. The molecule has 0 spiro atoms. The summed E-state index contributed by atoms with van der Waals surface area (Å²) in [6.45, 7) is 3.65. The van der Waals surface area contributed by atoms with Crippen molar-refractivity contribution in [3.63, 3.8) is 0 Å². The summed E-state index contributed by atoms with van der Waals surface area (Å²) in [7, 11) is -3.43. The average molecular weight is 243 g/mol. The van der Waals surface area contributed by atoms with Gasteiger partial charge in [-0.15, -0.1) is 0 Å². The Labute approximate surface area is 96.4 Å². The van der Waals surface area contributed by atoms with Crippen LogP contribution in [0.3, 0.4) is 0 Å². The number of aliphatic hydroxyl groups excluding tert-OH is 1. The van der Waals surface area contributed by atoms with Crippen LogP contribution < -0.4 is 4.72 Å². The molecule has 4 nitrogen and oxygen atoms in total. The van der Waals surface area contributed by atoms with E-state index in [9.17, 15) is 8.42 Å². The molecule has 0 radical (unpaired) electrons. The summed E-state index contributed by atoms with van der Waals surface area (Å²) in [5.74, 6) is 0. The van der Waals surface area contributed by atoms with E-state index < -0.39 is 10.0 Å². The van der Waals surface area contributed by atoms with Gasteiger partial charge in [-0.05, 0) is 31.0 Å². The van der Waals surface area contributed by atoms with Crippen LogP contribution in [0.25, 0.3) is 0 Å². The van der Waals surface area contributed by atoms with E-state index in [1.165, 1.54) is 12.1 Å². The van der Waals surface area contributed by atoms with E-state index >= 15 is 0 Å². The average Bonchev–Trinajstić information content (AvgIpc) is 2.28. The van der Waals surface area contributed by atoms with Crippen LogP contribution in [-0.2, 0) is 16.6 Å². The maximum atomic E-state index is 11.8. The highest BCUT2D eigenvalue weighted by Crippen LogP contribution is 2.11. The molecule has 2 N–H and O–H groups in total. The van der Waals surface area contributed by atoms with E-state index in [2.05, 4.69) is 4.72 Å². The van der Waals surface area contributed by atoms with Crippen LogP contribution in [0.4, 0.5) is 0 Å². The molecule has 0 heterocycles. The minimum absolute atomic E-state index is 0.0810. The molecule has 1 rings (SSSR count). The molecule has 0 saturated carbocycles. The standard InChI is InChI=1S/C11H17NO3S/c1-3-9(2)12-16(14,15)11-6-4-10(8-13)5-7-11/h4-7,9,12-13H,3,8H2,1-2H3. The number of nitrogens with one attached hydrogen (secondary N) is 1. The van der Waals surface area contributed by atoms with Crippen molar-refractivity contribution in [2.24, 2.45) is 0 Å². The van der Waals surface area contributed by atoms with Crippen LogP contribution in [0.2, 0.25) is 0 Å². The molecule has 0 aliphatic rings. The molecule has 0 aromatic heterocycles. The van der Waals surface area contributed by atoms with E-state index in [4.69, 9.17) is 5.11 Å². The van der Waals surface area contributed by atoms with E-state index in [0.29, 0.717) is 5.56 Å². The Hall–Kier alpha value is -0.910. The number of sulfonamides is 1. The van der Waals surface area contributed by atoms with Gasteiger partial charge in [-0.1, -0.05) is 19.1 Å². The molecule has 1 atom stereocenters. The molecule has 0 fully saturated rings. The summed E-state index contributed by atoms with van der Waals surface area (Å²) in [4.78, 5) is 0.227. The Morgan fingerprint density at radius 1 is 1.31 bits per heavy atom. The van der Waals surface area contributed by atoms with Crippen molar-refractivity contribution in [1.82, 2.24) is 4.72 Å². The van der Waals surface area contributed by atoms with E-state index in [-0.39, 0.29) is 17.5 Å². The van der Waals surface area contributed by atoms with Gasteiger partial charge in [0.2, 0.25) is 10.0 Å². The summed E-state index contributed by atoms with van der Waals surface area (Å²) < 4.78 is 26.2. The SMILES string of the molecule is CCC(C)NS(=O)(=O)c1ccc(CO)cc1. The van der Waals surface area contributed by atoms with Crippen LogP contribution in [0.1, 0.15) is 25.8 Å². The van der Waals surface area contributed by atoms with Crippen molar-refractivity contribution >= 4 is 10.0 Å². The third kappa shape index (κ3) is 3.30. The van der Waals surface area contributed by atoms with Gasteiger partial charge in [0.25, 0.3) is 0 Å². The molecule has 1 aromatic rings. The molecule has 5 heteroatoms. The maximum absolute atomic E-state index is 11.8. The first-order valence-electron chi connectivity index (χ1n) is 5.21. The molecule has 0 aliphatic heterocycles. The van der Waals surface area contributed by atoms with Gasteiger partial charge < -0.3 is 5.11 Å². The number of benzene rings is 1. The van der Waals surface area contributed by atoms with Gasteiger partial charge in [-0.25, -0.2) is 13.1 Å². The lowest BCUT2D eigenvalue weighted by molar-refractivity contribution is 0.282. The lowest BCUT2D eigenvalue weighted by Crippen LogP contribution is -2.31. The Morgan fingerprint density at radius 3 is 2.31 bits per heavy atom. The van der Waals surface area contributed by atoms with Crippen LogP contribution in [0.5, 0.6) is 0 Å². The van der Waals surface area contributed by atoms with E-state index in [1.807, 2.05) is 13.8 Å². The van der Waals surface area contributed by atoms with Gasteiger partial charge in [0.15, 0.2) is 0 Å². The van der Waals surface area contributed by atoms with Gasteiger partial charge in [0.05, 0.1) is 11.5 Å². The smallest absolute Gasteiger partial charge is 0.240 e. The second-order valence-electron chi connectivity index (χ2n) is 3.73. The highest BCUT2D eigenvalue weighted by atomic mass is 32.2. The lowest BCUT2D eigenvalue weighted by Gasteiger charge is -2.12. The first-order chi connectivity index (χ1) is 7.49. The molecule has 1 unspecified atom stereocenters. The second-order valence-corrected chi connectivity index (χ2v) is 5.45. The van der Waals surface area contributed by atoms with E-state index in [1.54, 1.807) is 12.1 Å². The lowest BCUT2D eigenvalue weighted by atomic mass is 10.2. The fraction of sp³-hybridized carbons (Fsp3) is 0.455. The molecular weight excluding hydrogens is 226 g/mol. The summed E-state index contributed by atoms with van der Waals surface area (Å²) >= 11 is 0. The first-order valence-corrected chi connectivity index (χ1v) is 6.70. The maximum Gasteiger partial charge on any atom is 0.240 e. The van der Waals surface area contributed by atoms with Gasteiger partial charge in [-0.3, -0.25) is 0 Å². The third-order valence-corrected chi connectivity index (χ3v) is 3.99. The predicted octanol–water partition coefficient (Wildman–Crippen LogP) is 1.26. The number of aliphatic hydroxyl groups is 1. The number of hydrogen-bond donors (Lipinski definition) is 2. The summed E-state index contributed by atoms with van der Waals surface area (Å²) in [5, 5.41) is 8.85. The normalized spacial score (nSPS) is 13.7. The second kappa shape index (κ2) is 5.43. The van der Waals surface area contributed by atoms with Crippen molar-refractivity contribution < 1.29 is 13.5 Å². The zero-order valence-electron chi connectivity index (χ0n) is 9.47. The summed E-state index contributed by atoms with van der Waals surface area (Å²) in [6.07, 6.45) is 0.744. The van der Waals surface area contributed by atoms with Crippen molar-refractivity contribution in [2.75, 3.05) is 0 Å². The molecule has 16 heavy (non-hydrogen) atoms. The number of hydrogen-bond acceptors (Lipinski definition) is 3. The first kappa shape index (κ1) is 13.2. The molecule has 0 amide bonds. The zero-order chi connectivity index (χ0) is 12.2. The highest BCUT2D eigenvalue weighted by molar-refractivity contribution is 7.89. The molecule has 90 valence electrons. The third-order valence-electron chi connectivity index (χ3n) is 2.38. The zero-order valence-corrected chi connectivity index (χ0v) is 10.3. The van der Waals surface area contributed by atoms with E-state index in [0.717, 1.165) is 6.42 Å². The van der Waals surface area contributed by atoms with Crippen LogP contribution >= 0.6 is 0 Å². The number of rotatable bonds is 5. The van der Waals surface area contributed by atoms with Crippen LogP contribution in [-0.4, -0.2) is 19.6 Å². The molecule has 0 bridgehead atoms. The van der Waals surface area contributed by atoms with Crippen molar-refractivity contribution in [2.45, 2.75) is 37.8 Å². The molecule has 0 saturated heterocycles. The largest absolute Gasteiger partial charge is 0.392 e. The Kier molecular flexibility index (Phi) is 4.46. The Morgan fingerprint density at radius 2 is 1.88 bits per heavy atom. The van der Waals surface area contributed by atoms with Crippen LogP contribution in [0.15, 0.2) is 29.2 Å². The van der Waals surface area contributed by atoms with Gasteiger partial charge in [-0.2, -0.15) is 0 Å². The fourth-order valence-corrected chi connectivity index (χ4v) is 2.52. The van der Waals surface area contributed by atoms with Crippen molar-refractivity contribution in [3.8, 4) is 0 Å². The summed E-state index contributed by atoms with van der Waals surface area (Å²) in [6, 6.07) is 6.12. The monoisotopic (exact) mass is 243 g/mol. The Bertz CT molecular complexity index is 425. The minimum atomic E-state index is -3.43. The predicted molar refractivity (Wildman–Crippen MR) is 62.4 cm³/mol. The van der Waals surface area contributed by atoms with Gasteiger partial charge in [0.1, 0.15) is 0 Å².